The summed E-state index contributed by atoms with van der Waals surface area (Å²) in [5, 5.41) is 0. The van der Waals surface area contributed by atoms with Crippen LogP contribution in [0.3, 0.4) is 0 Å². The van der Waals surface area contributed by atoms with Gasteiger partial charge in [0.2, 0.25) is 0 Å². The number of hydrogen-bond donors (Lipinski definition) is 1. The maximum atomic E-state index is 5.67. The van der Waals surface area contributed by atoms with Gasteiger partial charge in [0.05, 0.1) is 0 Å². The summed E-state index contributed by atoms with van der Waals surface area (Å²) in [6.45, 7) is 3.59. The fourth-order valence-corrected chi connectivity index (χ4v) is 2.18. The van der Waals surface area contributed by atoms with Crippen LogP contribution in [0.1, 0.15) is 31.2 Å². The molecule has 15 heavy (non-hydrogen) atoms. The van der Waals surface area contributed by atoms with E-state index in [0.29, 0.717) is 0 Å². The molecule has 0 saturated carbocycles. The minimum absolute atomic E-state index is 0.856. The van der Waals surface area contributed by atoms with Gasteiger partial charge in [-0.1, -0.05) is 25.0 Å². The highest BCUT2D eigenvalue weighted by atomic mass is 15.1. The zero-order valence-electron chi connectivity index (χ0n) is 9.28. The third kappa shape index (κ3) is 3.24. The molecule has 0 bridgehead atoms. The predicted molar refractivity (Wildman–Crippen MR) is 64.6 cm³/mol. The second kappa shape index (κ2) is 5.17. The molecule has 0 amide bonds. The Hall–Kier alpha value is -1.02. The molecule has 82 valence electrons. The van der Waals surface area contributed by atoms with Gasteiger partial charge in [0, 0.05) is 12.2 Å². The van der Waals surface area contributed by atoms with Gasteiger partial charge in [-0.2, -0.15) is 0 Å². The normalized spacial score (nSPS) is 18.7. The average Bonchev–Trinajstić information content (AvgIpc) is 2.50. The minimum atomic E-state index is 0.856. The number of nitrogens with zero attached hydrogens (tertiary/aromatic N) is 1. The van der Waals surface area contributed by atoms with Crippen molar-refractivity contribution in [2.75, 3.05) is 18.8 Å². The topological polar surface area (TPSA) is 29.3 Å². The Balaban J connectivity index is 1.92. The standard InChI is InChI=1S/C13H20N2/c14-13-7-5-12(6-8-13)11-15-9-3-1-2-4-10-15/h5-8H,1-4,9-11,14H2. The maximum absolute atomic E-state index is 5.67. The lowest BCUT2D eigenvalue weighted by atomic mass is 10.2. The van der Waals surface area contributed by atoms with E-state index in [1.807, 2.05) is 12.1 Å². The smallest absolute Gasteiger partial charge is 0.0314 e. The first-order valence-electron chi connectivity index (χ1n) is 5.91. The SMILES string of the molecule is Nc1ccc(CN2CCCCCC2)cc1. The van der Waals surface area contributed by atoms with Crippen LogP contribution in [-0.4, -0.2) is 18.0 Å². The minimum Gasteiger partial charge on any atom is -0.399 e. The van der Waals surface area contributed by atoms with E-state index in [0.717, 1.165) is 12.2 Å². The van der Waals surface area contributed by atoms with E-state index in [1.165, 1.54) is 44.3 Å². The van der Waals surface area contributed by atoms with Gasteiger partial charge in [-0.25, -0.2) is 0 Å². The zero-order chi connectivity index (χ0) is 10.5. The number of nitrogens with two attached hydrogens (primary N) is 1. The second-order valence-electron chi connectivity index (χ2n) is 4.43. The molecule has 0 atom stereocenters. The Morgan fingerprint density at radius 3 is 2.13 bits per heavy atom. The summed E-state index contributed by atoms with van der Waals surface area (Å²) in [6, 6.07) is 8.26. The summed E-state index contributed by atoms with van der Waals surface area (Å²) in [5.74, 6) is 0. The second-order valence-corrected chi connectivity index (χ2v) is 4.43. The van der Waals surface area contributed by atoms with Gasteiger partial charge in [0.25, 0.3) is 0 Å². The van der Waals surface area contributed by atoms with E-state index >= 15 is 0 Å². The number of hydrogen-bond acceptors (Lipinski definition) is 2. The summed E-state index contributed by atoms with van der Waals surface area (Å²) in [4.78, 5) is 2.55. The molecule has 2 N–H and O–H groups in total. The maximum Gasteiger partial charge on any atom is 0.0314 e. The van der Waals surface area contributed by atoms with Crippen molar-refractivity contribution in [3.05, 3.63) is 29.8 Å². The molecule has 1 saturated heterocycles. The van der Waals surface area contributed by atoms with Crippen molar-refractivity contribution in [2.45, 2.75) is 32.2 Å². The monoisotopic (exact) mass is 204 g/mol. The molecule has 1 aromatic rings. The Morgan fingerprint density at radius 1 is 0.933 bits per heavy atom. The van der Waals surface area contributed by atoms with Crippen LogP contribution in [0.25, 0.3) is 0 Å². The number of rotatable bonds is 2. The summed E-state index contributed by atoms with van der Waals surface area (Å²) in [5.41, 5.74) is 7.91. The average molecular weight is 204 g/mol. The largest absolute Gasteiger partial charge is 0.399 e. The van der Waals surface area contributed by atoms with Crippen molar-refractivity contribution in [3.8, 4) is 0 Å². The molecule has 0 radical (unpaired) electrons. The summed E-state index contributed by atoms with van der Waals surface area (Å²) in [6.07, 6.45) is 5.51. The van der Waals surface area contributed by atoms with E-state index in [-0.39, 0.29) is 0 Å². The van der Waals surface area contributed by atoms with E-state index in [1.54, 1.807) is 0 Å². The Labute approximate surface area is 92.1 Å². The van der Waals surface area contributed by atoms with Gasteiger partial charge in [0.1, 0.15) is 0 Å². The molecule has 0 unspecified atom stereocenters. The van der Waals surface area contributed by atoms with Crippen LogP contribution in [0.5, 0.6) is 0 Å². The first kappa shape index (κ1) is 10.5. The third-order valence-corrected chi connectivity index (χ3v) is 3.08. The molecule has 2 nitrogen and oxygen atoms in total. The van der Waals surface area contributed by atoms with Crippen LogP contribution >= 0.6 is 0 Å². The van der Waals surface area contributed by atoms with Crippen molar-refractivity contribution in [2.24, 2.45) is 0 Å². The van der Waals surface area contributed by atoms with Crippen molar-refractivity contribution >= 4 is 5.69 Å². The highest BCUT2D eigenvalue weighted by Crippen LogP contribution is 2.14. The lowest BCUT2D eigenvalue weighted by Crippen LogP contribution is -2.23. The lowest BCUT2D eigenvalue weighted by molar-refractivity contribution is 0.277. The first-order chi connectivity index (χ1) is 7.34. The zero-order valence-corrected chi connectivity index (χ0v) is 9.28. The molecule has 1 fully saturated rings. The fraction of sp³-hybridized carbons (Fsp3) is 0.538. The van der Waals surface area contributed by atoms with Gasteiger partial charge in [-0.05, 0) is 43.6 Å². The van der Waals surface area contributed by atoms with Crippen molar-refractivity contribution in [1.29, 1.82) is 0 Å². The molecule has 1 aliphatic heterocycles. The van der Waals surface area contributed by atoms with E-state index in [2.05, 4.69) is 17.0 Å². The van der Waals surface area contributed by atoms with Gasteiger partial charge in [-0.3, -0.25) is 4.90 Å². The highest BCUT2D eigenvalue weighted by molar-refractivity contribution is 5.39. The van der Waals surface area contributed by atoms with Crippen molar-refractivity contribution < 1.29 is 0 Å². The predicted octanol–water partition coefficient (Wildman–Crippen LogP) is 2.64. The van der Waals surface area contributed by atoms with Crippen molar-refractivity contribution in [1.82, 2.24) is 4.90 Å². The molecule has 1 aliphatic rings. The first-order valence-corrected chi connectivity index (χ1v) is 5.91. The lowest BCUT2D eigenvalue weighted by Gasteiger charge is -2.19. The highest BCUT2D eigenvalue weighted by Gasteiger charge is 2.08. The number of likely N-dealkylation sites (tertiary alicyclic amines) is 1. The number of benzene rings is 1. The number of nitrogen functional groups attached to an aromatic ring is 1. The Morgan fingerprint density at radius 2 is 1.53 bits per heavy atom. The van der Waals surface area contributed by atoms with Crippen molar-refractivity contribution in [3.63, 3.8) is 0 Å². The van der Waals surface area contributed by atoms with Crippen LogP contribution < -0.4 is 5.73 Å². The molecular formula is C13H20N2. The fourth-order valence-electron chi connectivity index (χ4n) is 2.18. The summed E-state index contributed by atoms with van der Waals surface area (Å²) >= 11 is 0. The molecule has 2 rings (SSSR count). The molecule has 0 aliphatic carbocycles. The molecule has 2 heteroatoms. The summed E-state index contributed by atoms with van der Waals surface area (Å²) in [7, 11) is 0. The van der Waals surface area contributed by atoms with E-state index < -0.39 is 0 Å². The molecular weight excluding hydrogens is 184 g/mol. The Bertz CT molecular complexity index is 284. The molecule has 1 aromatic carbocycles. The van der Waals surface area contributed by atoms with Crippen LogP contribution in [0.4, 0.5) is 5.69 Å². The van der Waals surface area contributed by atoms with Gasteiger partial charge >= 0.3 is 0 Å². The van der Waals surface area contributed by atoms with Gasteiger partial charge in [-0.15, -0.1) is 0 Å². The molecule has 0 aromatic heterocycles. The summed E-state index contributed by atoms with van der Waals surface area (Å²) < 4.78 is 0. The Kier molecular flexibility index (Phi) is 3.62. The van der Waals surface area contributed by atoms with Crippen LogP contribution in [0, 0.1) is 0 Å². The van der Waals surface area contributed by atoms with Crippen LogP contribution in [-0.2, 0) is 6.54 Å². The van der Waals surface area contributed by atoms with Gasteiger partial charge in [0.15, 0.2) is 0 Å². The van der Waals surface area contributed by atoms with Crippen LogP contribution in [0.2, 0.25) is 0 Å². The van der Waals surface area contributed by atoms with Crippen LogP contribution in [0.15, 0.2) is 24.3 Å². The third-order valence-electron chi connectivity index (χ3n) is 3.08. The molecule has 1 heterocycles. The quantitative estimate of drug-likeness (QED) is 0.750. The molecule has 0 spiro atoms. The van der Waals surface area contributed by atoms with E-state index in [9.17, 15) is 0 Å². The van der Waals surface area contributed by atoms with E-state index in [4.69, 9.17) is 5.73 Å². The number of anilines is 1. The van der Waals surface area contributed by atoms with Gasteiger partial charge < -0.3 is 5.73 Å².